The van der Waals surface area contributed by atoms with E-state index in [0.717, 1.165) is 37.6 Å². The fourth-order valence-electron chi connectivity index (χ4n) is 2.70. The van der Waals surface area contributed by atoms with Crippen LogP contribution in [0.3, 0.4) is 0 Å². The highest BCUT2D eigenvalue weighted by molar-refractivity contribution is 6.00. The van der Waals surface area contributed by atoms with Crippen molar-refractivity contribution >= 4 is 29.6 Å². The lowest BCUT2D eigenvalue weighted by atomic mass is 10.3. The van der Waals surface area contributed by atoms with Gasteiger partial charge in [-0.15, -0.1) is 0 Å². The molecular formula is C17H23N5O6. The van der Waals surface area contributed by atoms with Crippen LogP contribution in [0.25, 0.3) is 0 Å². The molecule has 0 radical (unpaired) electrons. The van der Waals surface area contributed by atoms with E-state index in [-0.39, 0.29) is 5.91 Å². The number of carbonyl (C=O) groups is 3. The lowest BCUT2D eigenvalue weighted by Gasteiger charge is -2.28. The first-order valence-corrected chi connectivity index (χ1v) is 8.67. The van der Waals surface area contributed by atoms with Crippen molar-refractivity contribution in [3.8, 4) is 0 Å². The van der Waals surface area contributed by atoms with E-state index < -0.39 is 11.9 Å². The molecule has 11 heteroatoms. The third-order valence-corrected chi connectivity index (χ3v) is 4.01. The molecule has 1 fully saturated rings. The topological polar surface area (TPSA) is 145 Å². The molecular weight excluding hydrogens is 370 g/mol. The zero-order valence-corrected chi connectivity index (χ0v) is 15.5. The maximum absolute atomic E-state index is 12.0. The molecule has 2 aliphatic heterocycles. The minimum Gasteiger partial charge on any atom is -0.478 e. The molecule has 1 saturated heterocycles. The third kappa shape index (κ3) is 5.99. The van der Waals surface area contributed by atoms with Crippen LogP contribution in [0.1, 0.15) is 5.56 Å². The second-order valence-corrected chi connectivity index (χ2v) is 5.98. The van der Waals surface area contributed by atoms with Crippen LogP contribution in [0, 0.1) is 0 Å². The number of amides is 1. The number of nitrogens with zero attached hydrogens (tertiary/aromatic N) is 4. The van der Waals surface area contributed by atoms with Gasteiger partial charge >= 0.3 is 11.9 Å². The number of aliphatic carboxylic acids is 2. The van der Waals surface area contributed by atoms with Crippen molar-refractivity contribution in [2.45, 2.75) is 6.42 Å². The molecule has 0 spiro atoms. The van der Waals surface area contributed by atoms with Crippen molar-refractivity contribution < 1.29 is 29.3 Å². The average molecular weight is 393 g/mol. The Bertz CT molecular complexity index is 732. The minimum atomic E-state index is -1.26. The minimum absolute atomic E-state index is 0.0730. The number of carbonyl (C=O) groups excluding carboxylic acids is 1. The van der Waals surface area contributed by atoms with Gasteiger partial charge < -0.3 is 25.2 Å². The molecule has 152 valence electrons. The highest BCUT2D eigenvalue weighted by Gasteiger charge is 2.30. The van der Waals surface area contributed by atoms with Crippen LogP contribution in [0.2, 0.25) is 0 Å². The number of carboxylic acids is 2. The molecule has 0 aliphatic carbocycles. The number of piperazine rings is 1. The lowest BCUT2D eigenvalue weighted by molar-refractivity contribution is -0.134. The van der Waals surface area contributed by atoms with Gasteiger partial charge in [0.15, 0.2) is 0 Å². The molecule has 3 N–H and O–H groups in total. The molecule has 3 rings (SSSR count). The summed E-state index contributed by atoms with van der Waals surface area (Å²) in [4.78, 5) is 44.0. The van der Waals surface area contributed by atoms with Gasteiger partial charge in [-0.2, -0.15) is 4.98 Å². The molecule has 0 aromatic carbocycles. The van der Waals surface area contributed by atoms with Gasteiger partial charge in [0.2, 0.25) is 11.9 Å². The largest absolute Gasteiger partial charge is 0.478 e. The van der Waals surface area contributed by atoms with Crippen LogP contribution in [-0.4, -0.2) is 84.5 Å². The van der Waals surface area contributed by atoms with Crippen molar-refractivity contribution in [2.24, 2.45) is 0 Å². The molecule has 2 aliphatic rings. The summed E-state index contributed by atoms with van der Waals surface area (Å²) in [7, 11) is 1.63. The second kappa shape index (κ2) is 10.3. The van der Waals surface area contributed by atoms with E-state index in [1.54, 1.807) is 18.2 Å². The summed E-state index contributed by atoms with van der Waals surface area (Å²) < 4.78 is 5.06. The molecule has 11 nitrogen and oxygen atoms in total. The fourth-order valence-corrected chi connectivity index (χ4v) is 2.70. The Hall–Kier alpha value is -3.05. The summed E-state index contributed by atoms with van der Waals surface area (Å²) in [6.45, 7) is 4.72. The SMILES string of the molecule is COCCN1C(=O)Cc2cnc(N3CCNCC3)nc21.O=C(O)C=CC(=O)O. The number of methoxy groups -OCH3 is 1. The Morgan fingerprint density at radius 3 is 2.46 bits per heavy atom. The molecule has 1 aromatic rings. The van der Waals surface area contributed by atoms with Crippen molar-refractivity contribution in [1.29, 1.82) is 0 Å². The summed E-state index contributed by atoms with van der Waals surface area (Å²) in [5, 5.41) is 18.9. The maximum Gasteiger partial charge on any atom is 0.328 e. The summed E-state index contributed by atoms with van der Waals surface area (Å²) in [6, 6.07) is 0. The standard InChI is InChI=1S/C13H19N5O2.C4H4O4/c1-20-7-6-18-11(19)8-10-9-15-13(16-12(10)18)17-4-2-14-3-5-17;5-3(6)1-2-4(7)8/h9,14H,2-8H2,1H3;1-2H,(H,5,6)(H,7,8). The van der Waals surface area contributed by atoms with Gasteiger partial charge in [-0.05, 0) is 0 Å². The Morgan fingerprint density at radius 1 is 1.25 bits per heavy atom. The van der Waals surface area contributed by atoms with Gasteiger partial charge in [0, 0.05) is 57.2 Å². The summed E-state index contributed by atoms with van der Waals surface area (Å²) in [5.74, 6) is -0.985. The number of aromatic nitrogens is 2. The second-order valence-electron chi connectivity index (χ2n) is 5.98. The number of ether oxygens (including phenoxy) is 1. The molecule has 0 bridgehead atoms. The highest BCUT2D eigenvalue weighted by Crippen LogP contribution is 2.27. The predicted molar refractivity (Wildman–Crippen MR) is 99.5 cm³/mol. The van der Waals surface area contributed by atoms with Crippen molar-refractivity contribution in [3.63, 3.8) is 0 Å². The van der Waals surface area contributed by atoms with Crippen molar-refractivity contribution in [3.05, 3.63) is 23.9 Å². The Balaban J connectivity index is 0.000000300. The number of hydrogen-bond acceptors (Lipinski definition) is 8. The Labute approximate surface area is 161 Å². The first kappa shape index (κ1) is 21.3. The molecule has 28 heavy (non-hydrogen) atoms. The van der Waals surface area contributed by atoms with Crippen LogP contribution in [-0.2, 0) is 25.5 Å². The van der Waals surface area contributed by atoms with Gasteiger partial charge in [-0.3, -0.25) is 9.69 Å². The van der Waals surface area contributed by atoms with E-state index in [4.69, 9.17) is 14.9 Å². The maximum atomic E-state index is 12.0. The van der Waals surface area contributed by atoms with Crippen LogP contribution in [0.4, 0.5) is 11.8 Å². The zero-order chi connectivity index (χ0) is 20.5. The summed E-state index contributed by atoms with van der Waals surface area (Å²) >= 11 is 0. The number of rotatable bonds is 6. The number of nitrogens with one attached hydrogen (secondary N) is 1. The van der Waals surface area contributed by atoms with Crippen LogP contribution in [0.15, 0.2) is 18.3 Å². The highest BCUT2D eigenvalue weighted by atomic mass is 16.5. The predicted octanol–water partition coefficient (Wildman–Crippen LogP) is -0.866. The fraction of sp³-hybridized carbons (Fsp3) is 0.471. The first-order valence-electron chi connectivity index (χ1n) is 8.67. The van der Waals surface area contributed by atoms with Gasteiger partial charge in [-0.25, -0.2) is 14.6 Å². The number of hydrogen-bond donors (Lipinski definition) is 3. The van der Waals surface area contributed by atoms with E-state index in [2.05, 4.69) is 20.2 Å². The quantitative estimate of drug-likeness (QED) is 0.522. The molecule has 3 heterocycles. The number of anilines is 2. The first-order chi connectivity index (χ1) is 13.4. The molecule has 0 atom stereocenters. The van der Waals surface area contributed by atoms with Crippen molar-refractivity contribution in [1.82, 2.24) is 15.3 Å². The summed E-state index contributed by atoms with van der Waals surface area (Å²) in [5.41, 5.74) is 0.907. The van der Waals surface area contributed by atoms with Crippen molar-refractivity contribution in [2.75, 3.05) is 56.2 Å². The van der Waals surface area contributed by atoms with E-state index in [0.29, 0.717) is 37.7 Å². The monoisotopic (exact) mass is 393 g/mol. The molecule has 0 saturated carbocycles. The van der Waals surface area contributed by atoms with Gasteiger partial charge in [0.25, 0.3) is 0 Å². The van der Waals surface area contributed by atoms with Gasteiger partial charge in [0.05, 0.1) is 19.6 Å². The average Bonchev–Trinajstić information content (AvgIpc) is 3.00. The zero-order valence-electron chi connectivity index (χ0n) is 15.5. The summed E-state index contributed by atoms with van der Waals surface area (Å²) in [6.07, 6.45) is 3.29. The van der Waals surface area contributed by atoms with E-state index >= 15 is 0 Å². The van der Waals surface area contributed by atoms with Gasteiger partial charge in [0.1, 0.15) is 5.82 Å². The van der Waals surface area contributed by atoms with Crippen LogP contribution >= 0.6 is 0 Å². The van der Waals surface area contributed by atoms with Crippen LogP contribution in [0.5, 0.6) is 0 Å². The molecule has 1 amide bonds. The Kier molecular flexibility index (Phi) is 7.84. The smallest absolute Gasteiger partial charge is 0.328 e. The number of carboxylic acid groups (broad SMARTS) is 2. The molecule has 0 unspecified atom stereocenters. The van der Waals surface area contributed by atoms with Crippen LogP contribution < -0.4 is 15.1 Å². The Morgan fingerprint density at radius 2 is 1.89 bits per heavy atom. The van der Waals surface area contributed by atoms with Gasteiger partial charge in [-0.1, -0.05) is 0 Å². The van der Waals surface area contributed by atoms with E-state index in [9.17, 15) is 14.4 Å². The normalized spacial score (nSPS) is 16.0. The lowest BCUT2D eigenvalue weighted by Crippen LogP contribution is -2.44. The third-order valence-electron chi connectivity index (χ3n) is 4.01. The van der Waals surface area contributed by atoms with E-state index in [1.807, 2.05) is 0 Å². The van der Waals surface area contributed by atoms with E-state index in [1.165, 1.54) is 0 Å². The molecule has 1 aromatic heterocycles. The number of fused-ring (bicyclic) bond motifs is 1.